The summed E-state index contributed by atoms with van der Waals surface area (Å²) >= 11 is 0. The molecule has 0 atom stereocenters. The van der Waals surface area contributed by atoms with E-state index < -0.39 is 10.0 Å². The smallest absolute Gasteiger partial charge is 0.251 e. The number of carbonyl (C=O) groups is 2. The molecule has 0 unspecified atom stereocenters. The molecule has 2 aliphatic rings. The zero-order chi connectivity index (χ0) is 20.5. The first-order chi connectivity index (χ1) is 13.1. The van der Waals surface area contributed by atoms with E-state index in [1.54, 1.807) is 18.2 Å². The van der Waals surface area contributed by atoms with Gasteiger partial charge in [0.2, 0.25) is 15.9 Å². The quantitative estimate of drug-likeness (QED) is 0.806. The van der Waals surface area contributed by atoms with E-state index in [2.05, 4.69) is 5.32 Å². The molecule has 3 rings (SSSR count). The normalized spacial score (nSPS) is 17.7. The Bertz CT molecular complexity index is 858. The highest BCUT2D eigenvalue weighted by Gasteiger charge is 2.28. The number of fused-ring (bicyclic) bond motifs is 1. The van der Waals surface area contributed by atoms with Crippen LogP contribution in [0.2, 0.25) is 0 Å². The van der Waals surface area contributed by atoms with Crippen LogP contribution < -0.4 is 9.62 Å². The second-order valence-electron chi connectivity index (χ2n) is 8.16. The highest BCUT2D eigenvalue weighted by molar-refractivity contribution is 7.92. The van der Waals surface area contributed by atoms with Crippen molar-refractivity contribution in [2.45, 2.75) is 45.6 Å². The van der Waals surface area contributed by atoms with Crippen molar-refractivity contribution in [3.63, 3.8) is 0 Å². The largest absolute Gasteiger partial charge is 0.349 e. The van der Waals surface area contributed by atoms with Crippen molar-refractivity contribution >= 4 is 27.5 Å². The summed E-state index contributed by atoms with van der Waals surface area (Å²) < 4.78 is 25.0. The summed E-state index contributed by atoms with van der Waals surface area (Å²) in [7, 11) is -3.29. The summed E-state index contributed by atoms with van der Waals surface area (Å²) in [5, 5.41) is 3.06. The van der Waals surface area contributed by atoms with E-state index in [0.717, 1.165) is 18.4 Å². The van der Waals surface area contributed by atoms with Gasteiger partial charge in [-0.05, 0) is 48.9 Å². The Morgan fingerprint density at radius 2 is 1.86 bits per heavy atom. The molecule has 2 aliphatic heterocycles. The maximum atomic E-state index is 12.6. The average molecular weight is 408 g/mol. The molecule has 0 spiro atoms. The fraction of sp³-hybridized carbons (Fsp3) is 0.600. The van der Waals surface area contributed by atoms with Gasteiger partial charge >= 0.3 is 0 Å². The Labute approximate surface area is 167 Å². The van der Waals surface area contributed by atoms with Gasteiger partial charge in [0.05, 0.1) is 11.9 Å². The van der Waals surface area contributed by atoms with Crippen molar-refractivity contribution in [1.29, 1.82) is 0 Å². The number of piperidine rings is 1. The molecule has 0 aromatic heterocycles. The number of carbonyl (C=O) groups excluding carboxylic acids is 2. The molecule has 1 aromatic rings. The lowest BCUT2D eigenvalue weighted by Gasteiger charge is -2.33. The van der Waals surface area contributed by atoms with Gasteiger partial charge in [-0.25, -0.2) is 8.42 Å². The molecule has 1 aromatic carbocycles. The van der Waals surface area contributed by atoms with Crippen LogP contribution in [0, 0.1) is 5.92 Å². The van der Waals surface area contributed by atoms with Gasteiger partial charge in [0, 0.05) is 37.7 Å². The predicted molar refractivity (Wildman–Crippen MR) is 109 cm³/mol. The second-order valence-corrected chi connectivity index (χ2v) is 10.1. The molecular weight excluding hydrogens is 378 g/mol. The van der Waals surface area contributed by atoms with E-state index in [1.165, 1.54) is 10.6 Å². The molecule has 1 N–H and O–H groups in total. The zero-order valence-corrected chi connectivity index (χ0v) is 17.6. The third-order valence-electron chi connectivity index (χ3n) is 5.36. The Morgan fingerprint density at radius 3 is 2.46 bits per heavy atom. The number of anilines is 1. The number of likely N-dealkylation sites (tertiary alicyclic amines) is 1. The molecule has 154 valence electrons. The third-order valence-corrected chi connectivity index (χ3v) is 6.54. The van der Waals surface area contributed by atoms with Gasteiger partial charge in [-0.15, -0.1) is 0 Å². The minimum atomic E-state index is -3.29. The van der Waals surface area contributed by atoms with E-state index in [4.69, 9.17) is 0 Å². The summed E-state index contributed by atoms with van der Waals surface area (Å²) in [6, 6.07) is 5.23. The Kier molecular flexibility index (Phi) is 5.98. The van der Waals surface area contributed by atoms with Crippen LogP contribution >= 0.6 is 0 Å². The summed E-state index contributed by atoms with van der Waals surface area (Å²) in [5.41, 5.74) is 2.09. The van der Waals surface area contributed by atoms with Crippen molar-refractivity contribution in [2.75, 3.05) is 30.2 Å². The van der Waals surface area contributed by atoms with E-state index in [1.807, 2.05) is 18.7 Å². The van der Waals surface area contributed by atoms with Gasteiger partial charge in [0.15, 0.2) is 0 Å². The Morgan fingerprint density at radius 1 is 1.18 bits per heavy atom. The average Bonchev–Trinajstić information content (AvgIpc) is 3.05. The molecule has 28 heavy (non-hydrogen) atoms. The molecule has 0 aliphatic carbocycles. The van der Waals surface area contributed by atoms with Crippen LogP contribution in [-0.4, -0.2) is 57.1 Å². The second kappa shape index (κ2) is 8.11. The number of nitrogens with one attached hydrogen (secondary N) is 1. The topological polar surface area (TPSA) is 86.8 Å². The number of nitrogens with zero attached hydrogens (tertiary/aromatic N) is 2. The van der Waals surface area contributed by atoms with Gasteiger partial charge in [0.1, 0.15) is 0 Å². The predicted octanol–water partition coefficient (Wildman–Crippen LogP) is 1.78. The monoisotopic (exact) mass is 407 g/mol. The van der Waals surface area contributed by atoms with Gasteiger partial charge in [-0.1, -0.05) is 13.8 Å². The molecule has 7 nitrogen and oxygen atoms in total. The van der Waals surface area contributed by atoms with Crippen LogP contribution in [0.25, 0.3) is 0 Å². The van der Waals surface area contributed by atoms with Crippen molar-refractivity contribution in [3.8, 4) is 0 Å². The van der Waals surface area contributed by atoms with Crippen LogP contribution in [-0.2, 0) is 21.2 Å². The number of benzene rings is 1. The van der Waals surface area contributed by atoms with Crippen LogP contribution in [0.5, 0.6) is 0 Å². The van der Waals surface area contributed by atoms with Gasteiger partial charge in [-0.3, -0.25) is 13.9 Å². The summed E-state index contributed by atoms with van der Waals surface area (Å²) in [4.78, 5) is 26.7. The number of hydrogen-bond donors (Lipinski definition) is 1. The van der Waals surface area contributed by atoms with Gasteiger partial charge in [-0.2, -0.15) is 0 Å². The number of sulfonamides is 1. The van der Waals surface area contributed by atoms with Crippen LogP contribution in [0.15, 0.2) is 18.2 Å². The summed E-state index contributed by atoms with van der Waals surface area (Å²) in [6.45, 7) is 5.84. The minimum Gasteiger partial charge on any atom is -0.349 e. The molecule has 0 radical (unpaired) electrons. The van der Waals surface area contributed by atoms with Crippen molar-refractivity contribution < 1.29 is 18.0 Å². The van der Waals surface area contributed by atoms with Crippen molar-refractivity contribution in [2.24, 2.45) is 5.92 Å². The Hall–Kier alpha value is -2.09. The highest BCUT2D eigenvalue weighted by Crippen LogP contribution is 2.30. The number of hydrogen-bond acceptors (Lipinski definition) is 4. The summed E-state index contributed by atoms with van der Waals surface area (Å²) in [6.07, 6.45) is 3.88. The molecular formula is C20H29N3O4S. The molecule has 2 heterocycles. The maximum Gasteiger partial charge on any atom is 0.251 e. The minimum absolute atomic E-state index is 0.0522. The first kappa shape index (κ1) is 20.6. The van der Waals surface area contributed by atoms with Crippen LogP contribution in [0.4, 0.5) is 5.69 Å². The van der Waals surface area contributed by atoms with Crippen molar-refractivity contribution in [1.82, 2.24) is 10.2 Å². The lowest BCUT2D eigenvalue weighted by Crippen LogP contribution is -2.46. The lowest BCUT2D eigenvalue weighted by molar-refractivity contribution is -0.133. The van der Waals surface area contributed by atoms with Gasteiger partial charge < -0.3 is 10.2 Å². The van der Waals surface area contributed by atoms with E-state index in [-0.39, 0.29) is 17.9 Å². The van der Waals surface area contributed by atoms with Crippen LogP contribution in [0.1, 0.15) is 49.0 Å². The molecule has 1 saturated heterocycles. The van der Waals surface area contributed by atoms with E-state index >= 15 is 0 Å². The molecule has 2 amide bonds. The van der Waals surface area contributed by atoms with Crippen LogP contribution in [0.3, 0.4) is 0 Å². The summed E-state index contributed by atoms with van der Waals surface area (Å²) in [5.74, 6) is 0.393. The van der Waals surface area contributed by atoms with Crippen molar-refractivity contribution in [3.05, 3.63) is 29.3 Å². The molecule has 0 saturated carbocycles. The zero-order valence-electron chi connectivity index (χ0n) is 16.8. The first-order valence-corrected chi connectivity index (χ1v) is 11.7. The fourth-order valence-electron chi connectivity index (χ4n) is 3.88. The van der Waals surface area contributed by atoms with E-state index in [9.17, 15) is 18.0 Å². The SMILES string of the molecule is CC(C)CC(=O)N1CCC(NC(=O)c2ccc3c(c2)CCN3S(C)(=O)=O)CC1. The molecule has 8 heteroatoms. The fourth-order valence-corrected chi connectivity index (χ4v) is 4.84. The standard InChI is InChI=1S/C20H29N3O4S/c1-14(2)12-19(24)22-9-7-17(8-10-22)21-20(25)16-4-5-18-15(13-16)6-11-23(18)28(3,26)27/h4-5,13-14,17H,6-12H2,1-3H3,(H,21,25). The third kappa shape index (κ3) is 4.66. The van der Waals surface area contributed by atoms with E-state index in [0.29, 0.717) is 49.6 Å². The lowest BCUT2D eigenvalue weighted by atomic mass is 10.0. The highest BCUT2D eigenvalue weighted by atomic mass is 32.2. The number of amides is 2. The molecule has 1 fully saturated rings. The van der Waals surface area contributed by atoms with Gasteiger partial charge in [0.25, 0.3) is 5.91 Å². The molecule has 0 bridgehead atoms. The Balaban J connectivity index is 1.57. The maximum absolute atomic E-state index is 12.6. The number of rotatable bonds is 5. The first-order valence-electron chi connectivity index (χ1n) is 9.84.